The van der Waals surface area contributed by atoms with Crippen molar-refractivity contribution in [1.82, 2.24) is 0 Å². The molecule has 1 fully saturated rings. The summed E-state index contributed by atoms with van der Waals surface area (Å²) >= 11 is 0. The van der Waals surface area contributed by atoms with Crippen molar-refractivity contribution in [1.29, 1.82) is 0 Å². The second-order valence-electron chi connectivity index (χ2n) is 6.70. The molecule has 0 bridgehead atoms. The van der Waals surface area contributed by atoms with E-state index in [-0.39, 0.29) is 23.7 Å². The summed E-state index contributed by atoms with van der Waals surface area (Å²) in [6, 6.07) is 13.7. The Morgan fingerprint density at radius 2 is 1.56 bits per heavy atom. The molecular weight excluding hydrogens is 312 g/mol. The molecule has 0 radical (unpaired) electrons. The van der Waals surface area contributed by atoms with Crippen molar-refractivity contribution in [3.8, 4) is 0 Å². The number of nitrogens with one attached hydrogen (secondary N) is 2. The van der Waals surface area contributed by atoms with Crippen LogP contribution in [0.5, 0.6) is 0 Å². The summed E-state index contributed by atoms with van der Waals surface area (Å²) in [6.07, 6.45) is 1.47. The van der Waals surface area contributed by atoms with Crippen LogP contribution in [0.15, 0.2) is 42.5 Å². The topological polar surface area (TPSA) is 58.2 Å². The van der Waals surface area contributed by atoms with Gasteiger partial charge in [0.05, 0.1) is 11.8 Å². The van der Waals surface area contributed by atoms with Crippen LogP contribution >= 0.6 is 0 Å². The standard InChI is InChI=1S/C21H24N2O2/c1-4-15-10-7-9-14(3)19(15)23-21(25)17-12-16(17)20(24)22-18-11-6-5-8-13(18)2/h5-11,16-17H,4,12H2,1-3H3,(H,22,24)(H,23,25). The van der Waals surface area contributed by atoms with E-state index in [1.54, 1.807) is 0 Å². The highest BCUT2D eigenvalue weighted by Crippen LogP contribution is 2.40. The fourth-order valence-corrected chi connectivity index (χ4v) is 3.13. The number of hydrogen-bond acceptors (Lipinski definition) is 2. The maximum Gasteiger partial charge on any atom is 0.228 e. The summed E-state index contributed by atoms with van der Waals surface area (Å²) in [6.45, 7) is 6.02. The third-order valence-electron chi connectivity index (χ3n) is 4.86. The molecule has 3 rings (SSSR count). The average Bonchev–Trinajstić information content (AvgIpc) is 3.39. The van der Waals surface area contributed by atoms with Crippen LogP contribution in [0.4, 0.5) is 11.4 Å². The average molecular weight is 336 g/mol. The Labute approximate surface area is 148 Å². The highest BCUT2D eigenvalue weighted by atomic mass is 16.2. The van der Waals surface area contributed by atoms with Crippen molar-refractivity contribution in [3.63, 3.8) is 0 Å². The molecule has 0 aliphatic heterocycles. The molecule has 2 amide bonds. The minimum Gasteiger partial charge on any atom is -0.326 e. The number of para-hydroxylation sites is 2. The molecule has 0 heterocycles. The Morgan fingerprint density at radius 1 is 0.920 bits per heavy atom. The Balaban J connectivity index is 1.63. The summed E-state index contributed by atoms with van der Waals surface area (Å²) in [5.74, 6) is -0.620. The van der Waals surface area contributed by atoms with Gasteiger partial charge in [0.15, 0.2) is 0 Å². The van der Waals surface area contributed by atoms with E-state index in [2.05, 4.69) is 17.6 Å². The first-order valence-corrected chi connectivity index (χ1v) is 8.77. The van der Waals surface area contributed by atoms with Gasteiger partial charge in [0, 0.05) is 11.4 Å². The molecule has 1 saturated carbocycles. The molecule has 0 aromatic heterocycles. The minimum atomic E-state index is -0.242. The zero-order chi connectivity index (χ0) is 18.0. The molecule has 130 valence electrons. The van der Waals surface area contributed by atoms with Gasteiger partial charge in [0.1, 0.15) is 0 Å². The molecule has 1 aliphatic carbocycles. The molecule has 4 heteroatoms. The highest BCUT2D eigenvalue weighted by molar-refractivity contribution is 6.03. The first kappa shape index (κ1) is 17.2. The molecule has 0 saturated heterocycles. The van der Waals surface area contributed by atoms with E-state index in [1.807, 2.05) is 56.3 Å². The second kappa shape index (κ2) is 7.09. The van der Waals surface area contributed by atoms with Gasteiger partial charge in [-0.15, -0.1) is 0 Å². The van der Waals surface area contributed by atoms with Crippen molar-refractivity contribution in [2.75, 3.05) is 10.6 Å². The van der Waals surface area contributed by atoms with Gasteiger partial charge in [-0.3, -0.25) is 9.59 Å². The molecule has 4 nitrogen and oxygen atoms in total. The van der Waals surface area contributed by atoms with Crippen molar-refractivity contribution < 1.29 is 9.59 Å². The smallest absolute Gasteiger partial charge is 0.228 e. The van der Waals surface area contributed by atoms with Crippen LogP contribution < -0.4 is 10.6 Å². The van der Waals surface area contributed by atoms with E-state index in [9.17, 15) is 9.59 Å². The van der Waals surface area contributed by atoms with Gasteiger partial charge in [-0.2, -0.15) is 0 Å². The van der Waals surface area contributed by atoms with Crippen molar-refractivity contribution >= 4 is 23.2 Å². The largest absolute Gasteiger partial charge is 0.326 e. The fourth-order valence-electron chi connectivity index (χ4n) is 3.13. The number of carbonyl (C=O) groups is 2. The van der Waals surface area contributed by atoms with Gasteiger partial charge in [-0.25, -0.2) is 0 Å². The monoisotopic (exact) mass is 336 g/mol. The van der Waals surface area contributed by atoms with Gasteiger partial charge in [-0.05, 0) is 49.4 Å². The SMILES string of the molecule is CCc1cccc(C)c1NC(=O)C1CC1C(=O)Nc1ccccc1C. The van der Waals surface area contributed by atoms with Crippen LogP contribution in [0.25, 0.3) is 0 Å². The first-order valence-electron chi connectivity index (χ1n) is 8.77. The summed E-state index contributed by atoms with van der Waals surface area (Å²) in [4.78, 5) is 24.9. The van der Waals surface area contributed by atoms with Crippen molar-refractivity contribution in [2.45, 2.75) is 33.6 Å². The summed E-state index contributed by atoms with van der Waals surface area (Å²) in [5.41, 5.74) is 4.89. The Bertz CT molecular complexity index is 813. The molecule has 2 aromatic carbocycles. The fraction of sp³-hybridized carbons (Fsp3) is 0.333. The Kier molecular flexibility index (Phi) is 4.88. The predicted molar refractivity (Wildman–Crippen MR) is 101 cm³/mol. The molecule has 1 aliphatic rings. The van der Waals surface area contributed by atoms with E-state index in [4.69, 9.17) is 0 Å². The lowest BCUT2D eigenvalue weighted by molar-refractivity contribution is -0.122. The number of benzene rings is 2. The van der Waals surface area contributed by atoms with Gasteiger partial charge in [0.2, 0.25) is 11.8 Å². The lowest BCUT2D eigenvalue weighted by atomic mass is 10.1. The van der Waals surface area contributed by atoms with Crippen LogP contribution in [-0.4, -0.2) is 11.8 Å². The van der Waals surface area contributed by atoms with E-state index >= 15 is 0 Å². The van der Waals surface area contributed by atoms with Gasteiger partial charge < -0.3 is 10.6 Å². The van der Waals surface area contributed by atoms with Gasteiger partial charge >= 0.3 is 0 Å². The molecule has 0 spiro atoms. The Hall–Kier alpha value is -2.62. The van der Waals surface area contributed by atoms with Crippen molar-refractivity contribution in [2.24, 2.45) is 11.8 Å². The number of rotatable bonds is 5. The third-order valence-corrected chi connectivity index (χ3v) is 4.86. The van der Waals surface area contributed by atoms with Crippen LogP contribution in [0.2, 0.25) is 0 Å². The first-order chi connectivity index (χ1) is 12.0. The maximum atomic E-state index is 12.5. The summed E-state index contributed by atoms with van der Waals surface area (Å²) in [5, 5.41) is 5.97. The molecule has 2 atom stereocenters. The Morgan fingerprint density at radius 3 is 2.24 bits per heavy atom. The minimum absolute atomic E-state index is 0.0612. The number of carbonyl (C=O) groups excluding carboxylic acids is 2. The van der Waals surface area contributed by atoms with E-state index in [0.717, 1.165) is 34.5 Å². The van der Waals surface area contributed by atoms with E-state index < -0.39 is 0 Å². The van der Waals surface area contributed by atoms with E-state index in [0.29, 0.717) is 6.42 Å². The highest BCUT2D eigenvalue weighted by Gasteiger charge is 2.48. The third kappa shape index (κ3) is 3.73. The summed E-state index contributed by atoms with van der Waals surface area (Å²) in [7, 11) is 0. The molecule has 2 aromatic rings. The quantitative estimate of drug-likeness (QED) is 0.864. The zero-order valence-electron chi connectivity index (χ0n) is 14.9. The number of aryl methyl sites for hydroxylation is 3. The van der Waals surface area contributed by atoms with E-state index in [1.165, 1.54) is 0 Å². The molecule has 2 N–H and O–H groups in total. The molecular formula is C21H24N2O2. The second-order valence-corrected chi connectivity index (χ2v) is 6.70. The normalized spacial score (nSPS) is 18.5. The van der Waals surface area contributed by atoms with Crippen LogP contribution in [-0.2, 0) is 16.0 Å². The van der Waals surface area contributed by atoms with Gasteiger partial charge in [0.25, 0.3) is 0 Å². The lowest BCUT2D eigenvalue weighted by Gasteiger charge is -2.13. The maximum absolute atomic E-state index is 12.5. The lowest BCUT2D eigenvalue weighted by Crippen LogP contribution is -2.21. The zero-order valence-corrected chi connectivity index (χ0v) is 14.9. The molecule has 25 heavy (non-hydrogen) atoms. The van der Waals surface area contributed by atoms with Crippen LogP contribution in [0, 0.1) is 25.7 Å². The van der Waals surface area contributed by atoms with Gasteiger partial charge in [-0.1, -0.05) is 43.3 Å². The number of amides is 2. The number of anilines is 2. The predicted octanol–water partition coefficient (Wildman–Crippen LogP) is 4.08. The molecule has 2 unspecified atom stereocenters. The van der Waals surface area contributed by atoms with Crippen LogP contribution in [0.3, 0.4) is 0 Å². The summed E-state index contributed by atoms with van der Waals surface area (Å²) < 4.78 is 0. The van der Waals surface area contributed by atoms with Crippen LogP contribution in [0.1, 0.15) is 30.0 Å². The van der Waals surface area contributed by atoms with Crippen molar-refractivity contribution in [3.05, 3.63) is 59.2 Å². The number of hydrogen-bond donors (Lipinski definition) is 2.